The highest BCUT2D eigenvalue weighted by molar-refractivity contribution is 5.89. The molecule has 2 rings (SSSR count). The van der Waals surface area contributed by atoms with Gasteiger partial charge >= 0.3 is 5.97 Å². The SMILES string of the molecule is COC(=O)[C@@H](N)c1cccc2[nH]ccc12. The summed E-state index contributed by atoms with van der Waals surface area (Å²) >= 11 is 0. The van der Waals surface area contributed by atoms with Crippen molar-refractivity contribution in [2.45, 2.75) is 6.04 Å². The Bertz CT molecular complexity index is 490. The van der Waals surface area contributed by atoms with Crippen molar-refractivity contribution in [2.75, 3.05) is 7.11 Å². The molecule has 0 spiro atoms. The van der Waals surface area contributed by atoms with Gasteiger partial charge in [-0.25, -0.2) is 0 Å². The number of ether oxygens (including phenoxy) is 1. The number of hydrogen-bond acceptors (Lipinski definition) is 3. The zero-order valence-corrected chi connectivity index (χ0v) is 8.36. The Kier molecular flexibility index (Phi) is 2.43. The molecule has 4 heteroatoms. The van der Waals surface area contributed by atoms with Crippen molar-refractivity contribution in [3.8, 4) is 0 Å². The van der Waals surface area contributed by atoms with Gasteiger partial charge in [0, 0.05) is 17.1 Å². The molecule has 0 saturated heterocycles. The maximum Gasteiger partial charge on any atom is 0.327 e. The first-order valence-electron chi connectivity index (χ1n) is 4.63. The van der Waals surface area contributed by atoms with Crippen LogP contribution in [-0.4, -0.2) is 18.1 Å². The number of nitrogens with one attached hydrogen (secondary N) is 1. The predicted octanol–water partition coefficient (Wildman–Crippen LogP) is 1.34. The number of nitrogens with two attached hydrogens (primary N) is 1. The molecule has 1 heterocycles. The Morgan fingerprint density at radius 1 is 1.47 bits per heavy atom. The first-order chi connectivity index (χ1) is 7.24. The number of H-pyrrole nitrogens is 1. The first-order valence-corrected chi connectivity index (χ1v) is 4.63. The number of rotatable bonds is 2. The monoisotopic (exact) mass is 204 g/mol. The highest BCUT2D eigenvalue weighted by atomic mass is 16.5. The van der Waals surface area contributed by atoms with E-state index in [1.165, 1.54) is 7.11 Å². The van der Waals surface area contributed by atoms with Gasteiger partial charge in [0.05, 0.1) is 7.11 Å². The fourth-order valence-corrected chi connectivity index (χ4v) is 1.63. The molecule has 78 valence electrons. The van der Waals surface area contributed by atoms with E-state index in [0.29, 0.717) is 0 Å². The van der Waals surface area contributed by atoms with Crippen LogP contribution in [0.2, 0.25) is 0 Å². The molecule has 1 aromatic heterocycles. The van der Waals surface area contributed by atoms with Crippen LogP contribution in [0.3, 0.4) is 0 Å². The third-order valence-electron chi connectivity index (χ3n) is 2.42. The Hall–Kier alpha value is -1.81. The summed E-state index contributed by atoms with van der Waals surface area (Å²) in [6.45, 7) is 0. The molecule has 15 heavy (non-hydrogen) atoms. The average Bonchev–Trinajstić information content (AvgIpc) is 2.74. The zero-order valence-electron chi connectivity index (χ0n) is 8.36. The van der Waals surface area contributed by atoms with Gasteiger partial charge in [0.2, 0.25) is 0 Å². The molecule has 0 saturated carbocycles. The van der Waals surface area contributed by atoms with Crippen LogP contribution in [0.25, 0.3) is 10.9 Å². The molecule has 3 N–H and O–H groups in total. The van der Waals surface area contributed by atoms with Crippen LogP contribution < -0.4 is 5.73 Å². The number of aromatic amines is 1. The maximum absolute atomic E-state index is 11.3. The fraction of sp³-hybridized carbons (Fsp3) is 0.182. The molecular weight excluding hydrogens is 192 g/mol. The van der Waals surface area contributed by atoms with Crippen LogP contribution in [0, 0.1) is 0 Å². The quantitative estimate of drug-likeness (QED) is 0.725. The molecular formula is C11H12N2O2. The number of hydrogen-bond donors (Lipinski definition) is 2. The van der Waals surface area contributed by atoms with Crippen LogP contribution in [0.4, 0.5) is 0 Å². The van der Waals surface area contributed by atoms with Gasteiger partial charge in [0.15, 0.2) is 0 Å². The molecule has 2 aromatic rings. The van der Waals surface area contributed by atoms with E-state index >= 15 is 0 Å². The predicted molar refractivity (Wildman–Crippen MR) is 57.2 cm³/mol. The first kappa shape index (κ1) is 9.73. The zero-order chi connectivity index (χ0) is 10.8. The smallest absolute Gasteiger partial charge is 0.327 e. The van der Waals surface area contributed by atoms with Crippen molar-refractivity contribution in [3.63, 3.8) is 0 Å². The van der Waals surface area contributed by atoms with Crippen molar-refractivity contribution >= 4 is 16.9 Å². The number of carbonyl (C=O) groups excluding carboxylic acids is 1. The molecule has 0 aliphatic rings. The number of aromatic nitrogens is 1. The average molecular weight is 204 g/mol. The molecule has 0 unspecified atom stereocenters. The van der Waals surface area contributed by atoms with E-state index in [0.717, 1.165) is 16.5 Å². The van der Waals surface area contributed by atoms with Gasteiger partial charge < -0.3 is 15.5 Å². The van der Waals surface area contributed by atoms with E-state index < -0.39 is 12.0 Å². The molecule has 0 amide bonds. The van der Waals surface area contributed by atoms with Crippen LogP contribution >= 0.6 is 0 Å². The summed E-state index contributed by atoms with van der Waals surface area (Å²) < 4.78 is 4.62. The van der Waals surface area contributed by atoms with Crippen LogP contribution in [0.1, 0.15) is 11.6 Å². The van der Waals surface area contributed by atoms with E-state index in [1.54, 1.807) is 0 Å². The molecule has 0 radical (unpaired) electrons. The lowest BCUT2D eigenvalue weighted by Gasteiger charge is -2.10. The van der Waals surface area contributed by atoms with Gasteiger partial charge in [0.25, 0.3) is 0 Å². The Balaban J connectivity index is 2.51. The number of fused-ring (bicyclic) bond motifs is 1. The van der Waals surface area contributed by atoms with E-state index in [-0.39, 0.29) is 0 Å². The molecule has 0 aliphatic heterocycles. The van der Waals surface area contributed by atoms with Crippen molar-refractivity contribution < 1.29 is 9.53 Å². The Morgan fingerprint density at radius 2 is 2.27 bits per heavy atom. The minimum atomic E-state index is -0.727. The summed E-state index contributed by atoms with van der Waals surface area (Å²) in [5, 5.41) is 0.954. The van der Waals surface area contributed by atoms with Crippen LogP contribution in [0.5, 0.6) is 0 Å². The van der Waals surface area contributed by atoms with Gasteiger partial charge in [-0.05, 0) is 17.7 Å². The normalized spacial score (nSPS) is 12.7. The Labute approximate surface area is 87.0 Å². The van der Waals surface area contributed by atoms with Gasteiger partial charge in [0.1, 0.15) is 6.04 Å². The second kappa shape index (κ2) is 3.74. The molecule has 1 atom stereocenters. The maximum atomic E-state index is 11.3. The standard InChI is InChI=1S/C11H12N2O2/c1-15-11(14)10(12)8-3-2-4-9-7(8)5-6-13-9/h2-6,10,13H,12H2,1H3/t10-/m0/s1. The van der Waals surface area contributed by atoms with Gasteiger partial charge in [-0.3, -0.25) is 4.79 Å². The van der Waals surface area contributed by atoms with Crippen molar-refractivity contribution in [1.82, 2.24) is 4.98 Å². The summed E-state index contributed by atoms with van der Waals surface area (Å²) in [5.74, 6) is -0.427. The second-order valence-electron chi connectivity index (χ2n) is 3.29. The molecule has 0 bridgehead atoms. The highest BCUT2D eigenvalue weighted by Crippen LogP contribution is 2.22. The fourth-order valence-electron chi connectivity index (χ4n) is 1.63. The van der Waals surface area contributed by atoms with Crippen LogP contribution in [0.15, 0.2) is 30.5 Å². The van der Waals surface area contributed by atoms with Gasteiger partial charge in [-0.15, -0.1) is 0 Å². The lowest BCUT2D eigenvalue weighted by atomic mass is 10.0. The topological polar surface area (TPSA) is 68.1 Å². The summed E-state index contributed by atoms with van der Waals surface area (Å²) in [7, 11) is 1.33. The molecule has 0 aliphatic carbocycles. The summed E-state index contributed by atoms with van der Waals surface area (Å²) in [4.78, 5) is 14.4. The minimum absolute atomic E-state index is 0.427. The summed E-state index contributed by atoms with van der Waals surface area (Å²) in [6, 6.07) is 6.79. The third kappa shape index (κ3) is 1.59. The highest BCUT2D eigenvalue weighted by Gasteiger charge is 2.18. The van der Waals surface area contributed by atoms with E-state index in [4.69, 9.17) is 5.73 Å². The number of carbonyl (C=O) groups is 1. The molecule has 4 nitrogen and oxygen atoms in total. The third-order valence-corrected chi connectivity index (χ3v) is 2.42. The number of esters is 1. The number of methoxy groups -OCH3 is 1. The van der Waals surface area contributed by atoms with Crippen molar-refractivity contribution in [1.29, 1.82) is 0 Å². The van der Waals surface area contributed by atoms with Crippen LogP contribution in [-0.2, 0) is 9.53 Å². The largest absolute Gasteiger partial charge is 0.468 e. The summed E-state index contributed by atoms with van der Waals surface area (Å²) in [5.41, 5.74) is 7.53. The molecule has 1 aromatic carbocycles. The summed E-state index contributed by atoms with van der Waals surface area (Å²) in [6.07, 6.45) is 1.82. The lowest BCUT2D eigenvalue weighted by molar-refractivity contribution is -0.142. The van der Waals surface area contributed by atoms with Gasteiger partial charge in [-0.2, -0.15) is 0 Å². The number of benzene rings is 1. The van der Waals surface area contributed by atoms with Crippen molar-refractivity contribution in [3.05, 3.63) is 36.0 Å². The lowest BCUT2D eigenvalue weighted by Crippen LogP contribution is -2.22. The minimum Gasteiger partial charge on any atom is -0.468 e. The second-order valence-corrected chi connectivity index (χ2v) is 3.29. The Morgan fingerprint density at radius 3 is 3.00 bits per heavy atom. The van der Waals surface area contributed by atoms with E-state index in [1.807, 2.05) is 30.5 Å². The van der Waals surface area contributed by atoms with E-state index in [9.17, 15) is 4.79 Å². The van der Waals surface area contributed by atoms with Crippen molar-refractivity contribution in [2.24, 2.45) is 5.73 Å². The van der Waals surface area contributed by atoms with Gasteiger partial charge in [-0.1, -0.05) is 12.1 Å². The van der Waals surface area contributed by atoms with E-state index in [2.05, 4.69) is 9.72 Å². The molecule has 0 fully saturated rings.